The molecule has 392 valence electrons. The molecular weight excluding hydrogens is 1050 g/mol. The number of thiophene rings is 2. The normalized spacial score (nSPS) is 10.1. The summed E-state index contributed by atoms with van der Waals surface area (Å²) >= 11 is 8.62. The van der Waals surface area contributed by atoms with Crippen LogP contribution in [0.1, 0.15) is 46.5 Å². The molecule has 0 aliphatic carbocycles. The maximum Gasteiger partial charge on any atom is 0.147 e. The maximum absolute atomic E-state index is 4.33. The zero-order valence-electron chi connectivity index (χ0n) is 45.0. The Morgan fingerprint density at radius 2 is 1.15 bits per heavy atom. The average Bonchev–Trinajstić information content (AvgIpc) is 4.38. The Morgan fingerprint density at radius 3 is 1.71 bits per heavy atom. The summed E-state index contributed by atoms with van der Waals surface area (Å²) in [5.74, 6) is 0. The first-order valence-corrected chi connectivity index (χ1v) is 29.3. The van der Waals surface area contributed by atoms with Gasteiger partial charge in [0.25, 0.3) is 0 Å². The van der Waals surface area contributed by atoms with Crippen LogP contribution < -0.4 is 0 Å². The van der Waals surface area contributed by atoms with Gasteiger partial charge < -0.3 is 8.97 Å². The summed E-state index contributed by atoms with van der Waals surface area (Å²) in [6, 6.07) is 64.5. The van der Waals surface area contributed by atoms with Crippen LogP contribution in [0.3, 0.4) is 0 Å². The Morgan fingerprint density at radius 1 is 0.500 bits per heavy atom. The first kappa shape index (κ1) is 57.7. The highest BCUT2D eigenvalue weighted by atomic mass is 32.1. The lowest BCUT2D eigenvalue weighted by Crippen LogP contribution is -1.98. The van der Waals surface area contributed by atoms with E-state index in [1.807, 2.05) is 133 Å². The van der Waals surface area contributed by atoms with Crippen LogP contribution in [0.4, 0.5) is 0 Å². The topological polar surface area (TPSA) is 73.8 Å². The molecule has 12 heteroatoms. The highest BCUT2D eigenvalue weighted by Gasteiger charge is 2.09. The van der Waals surface area contributed by atoms with Gasteiger partial charge in [-0.3, -0.25) is 4.98 Å². The van der Waals surface area contributed by atoms with Gasteiger partial charge in [-0.05, 0) is 137 Å². The number of hydrogen-bond donors (Lipinski definition) is 0. The van der Waals surface area contributed by atoms with Crippen molar-refractivity contribution >= 4 is 84.7 Å². The Bertz CT molecular complexity index is 3570. The van der Waals surface area contributed by atoms with Crippen molar-refractivity contribution in [3.63, 3.8) is 0 Å². The molecule has 0 bridgehead atoms. The number of thiazole rings is 2. The maximum atomic E-state index is 4.33. The van der Waals surface area contributed by atoms with Crippen molar-refractivity contribution in [2.75, 3.05) is 0 Å². The molecule has 13 aromatic rings. The quantitative estimate of drug-likeness (QED) is 0.166. The van der Waals surface area contributed by atoms with Crippen LogP contribution in [-0.4, -0.2) is 34.1 Å². The number of aryl methyl sites for hydroxylation is 7. The summed E-state index contributed by atoms with van der Waals surface area (Å²) in [4.78, 5) is 17.7. The molecule has 0 saturated heterocycles. The molecule has 7 nitrogen and oxygen atoms in total. The first-order chi connectivity index (χ1) is 38.0. The second kappa shape index (κ2) is 30.1. The van der Waals surface area contributed by atoms with E-state index >= 15 is 0 Å². The van der Waals surface area contributed by atoms with Crippen LogP contribution in [0.15, 0.2) is 231 Å². The van der Waals surface area contributed by atoms with Gasteiger partial charge in [0.15, 0.2) is 0 Å². The largest absolute Gasteiger partial charge is 0.314 e. The molecule has 5 aromatic carbocycles. The molecule has 0 spiro atoms. The second-order valence-corrected chi connectivity index (χ2v) is 23.5. The first-order valence-electron chi connectivity index (χ1n) is 25.2. The molecule has 13 rings (SSSR count). The van der Waals surface area contributed by atoms with Crippen molar-refractivity contribution < 1.29 is 0 Å². The molecular formula is C66H63N7S5. The van der Waals surface area contributed by atoms with Crippen molar-refractivity contribution in [3.8, 4) is 38.0 Å². The molecule has 0 aliphatic rings. The van der Waals surface area contributed by atoms with Gasteiger partial charge in [-0.25, -0.2) is 9.97 Å². The molecule has 78 heavy (non-hydrogen) atoms. The lowest BCUT2D eigenvalue weighted by Gasteiger charge is -2.11. The Kier molecular flexibility index (Phi) is 22.3. The summed E-state index contributed by atoms with van der Waals surface area (Å²) in [7, 11) is 0. The van der Waals surface area contributed by atoms with Crippen LogP contribution in [0.2, 0.25) is 0 Å². The molecule has 0 unspecified atom stereocenters. The van der Waals surface area contributed by atoms with Gasteiger partial charge in [-0.1, -0.05) is 158 Å². The smallest absolute Gasteiger partial charge is 0.147 e. The van der Waals surface area contributed by atoms with Crippen LogP contribution in [0.5, 0.6) is 0 Å². The molecule has 0 atom stereocenters. The second-order valence-electron chi connectivity index (χ2n) is 17.4. The van der Waals surface area contributed by atoms with Gasteiger partial charge >= 0.3 is 0 Å². The third-order valence-corrected chi connectivity index (χ3v) is 15.9. The zero-order chi connectivity index (χ0) is 55.1. The van der Waals surface area contributed by atoms with E-state index in [4.69, 9.17) is 0 Å². The van der Waals surface area contributed by atoms with Crippen molar-refractivity contribution in [2.24, 2.45) is 0 Å². The Hall–Kier alpha value is -7.97. The minimum Gasteiger partial charge on any atom is -0.314 e. The minimum atomic E-state index is 0.994. The number of aromatic nitrogens is 7. The van der Waals surface area contributed by atoms with Gasteiger partial charge in [-0.15, -0.1) is 55.5 Å². The van der Waals surface area contributed by atoms with Crippen LogP contribution in [-0.2, 0) is 0 Å². The summed E-state index contributed by atoms with van der Waals surface area (Å²) in [6.07, 6.45) is 11.4. The van der Waals surface area contributed by atoms with Crippen molar-refractivity contribution in [1.29, 1.82) is 0 Å². The highest BCUT2D eigenvalue weighted by Crippen LogP contribution is 2.29. The van der Waals surface area contributed by atoms with Gasteiger partial charge in [0.05, 0.1) is 25.9 Å². The fraction of sp³-hybridized carbons (Fsp3) is 0.106. The van der Waals surface area contributed by atoms with E-state index in [1.165, 1.54) is 63.5 Å². The van der Waals surface area contributed by atoms with Crippen molar-refractivity contribution in [1.82, 2.24) is 34.1 Å². The van der Waals surface area contributed by atoms with Gasteiger partial charge in [0.2, 0.25) is 0 Å². The van der Waals surface area contributed by atoms with Gasteiger partial charge in [-0.2, -0.15) is 0 Å². The predicted octanol–water partition coefficient (Wildman–Crippen LogP) is 19.7. The SMILES string of the molecule is C=Cc1cc(C)sc1C=C.Cc1cc2ncccn2c1.Cc1ccc(-c2ccccc2)n1-c1ccccc1.Cc1ccc(-c2ccccc2)s1.Cc1nc2ccccc2s1.Cc1nccs1.Cc1nnc(-c2ccccc2)s1. The molecule has 0 aliphatic heterocycles. The summed E-state index contributed by atoms with van der Waals surface area (Å²) in [6.45, 7) is 21.8. The monoisotopic (exact) mass is 1110 g/mol. The Labute approximate surface area is 479 Å². The predicted molar refractivity (Wildman–Crippen MR) is 341 cm³/mol. The van der Waals surface area contributed by atoms with E-state index in [-0.39, 0.29) is 0 Å². The van der Waals surface area contributed by atoms with Crippen LogP contribution in [0, 0.1) is 48.5 Å². The summed E-state index contributed by atoms with van der Waals surface area (Å²) in [5, 5.41) is 14.3. The van der Waals surface area contributed by atoms with E-state index in [1.54, 1.807) is 57.7 Å². The highest BCUT2D eigenvalue weighted by molar-refractivity contribution is 7.18. The van der Waals surface area contributed by atoms with Crippen molar-refractivity contribution in [3.05, 3.63) is 278 Å². The fourth-order valence-electron chi connectivity index (χ4n) is 7.71. The van der Waals surface area contributed by atoms with E-state index in [0.29, 0.717) is 0 Å². The van der Waals surface area contributed by atoms with Gasteiger partial charge in [0, 0.05) is 66.6 Å². The van der Waals surface area contributed by atoms with E-state index in [2.05, 4.69) is 192 Å². The average molecular weight is 1110 g/mol. The Balaban J connectivity index is 0.000000135. The summed E-state index contributed by atoms with van der Waals surface area (Å²) in [5.41, 5.74) is 12.0. The molecule has 0 saturated carbocycles. The molecule has 0 radical (unpaired) electrons. The lowest BCUT2D eigenvalue weighted by molar-refractivity contribution is 1.02. The van der Waals surface area contributed by atoms with Crippen LogP contribution in [0.25, 0.3) is 66.0 Å². The number of fused-ring (bicyclic) bond motifs is 2. The van der Waals surface area contributed by atoms with Crippen LogP contribution >= 0.6 is 56.7 Å². The molecule has 8 aromatic heterocycles. The van der Waals surface area contributed by atoms with E-state index in [0.717, 1.165) is 36.8 Å². The third kappa shape index (κ3) is 17.5. The number of rotatable bonds is 6. The van der Waals surface area contributed by atoms with Gasteiger partial charge in [0.1, 0.15) is 15.7 Å². The summed E-state index contributed by atoms with van der Waals surface area (Å²) < 4.78 is 5.57. The zero-order valence-corrected chi connectivity index (χ0v) is 49.1. The number of para-hydroxylation sites is 2. The van der Waals surface area contributed by atoms with E-state index in [9.17, 15) is 0 Å². The molecule has 8 heterocycles. The fourth-order valence-corrected chi connectivity index (χ4v) is 11.4. The minimum absolute atomic E-state index is 0.994. The number of nitrogens with zero attached hydrogens (tertiary/aromatic N) is 7. The van der Waals surface area contributed by atoms with E-state index < -0.39 is 0 Å². The number of hydrogen-bond acceptors (Lipinski definition) is 10. The lowest BCUT2D eigenvalue weighted by atomic mass is 10.1. The standard InChI is InChI=1S/C17H15N.C11H10S.C9H8N2S.C9H10S.C8H8N2.C8H7NS.C4H5NS/c1-14-12-13-17(15-8-4-2-5-9-15)18(14)16-10-6-3-7-11-16;1-9-7-8-11(12-9)10-5-3-2-4-6-10;1-7-10-11-9(12-7)8-5-3-2-4-6-8;1-4-8-6-7(3)10-9(8)5-2;1-7-5-8-9-3-2-4-10(8)6-7;1-6-9-7-4-2-3-5-8(7)10-6;1-4-5-2-3-6-4/h2-13H,1H3;2-8H,1H3;2-6H,1H3;4-6H,1-2H2,3H3;2-6H,1H3;2-5H,1H3;2-3H,1H3. The molecule has 0 amide bonds. The number of benzene rings is 5. The van der Waals surface area contributed by atoms with Crippen molar-refractivity contribution in [2.45, 2.75) is 48.5 Å². The third-order valence-electron chi connectivity index (χ3n) is 11.3. The molecule has 0 N–H and O–H groups in total. The molecule has 0 fully saturated rings.